The van der Waals surface area contributed by atoms with E-state index >= 15 is 0 Å². The molecule has 0 fully saturated rings. The van der Waals surface area contributed by atoms with E-state index in [4.69, 9.17) is 4.98 Å². The molecular weight excluding hydrogens is 544 g/mol. The lowest BCUT2D eigenvalue weighted by Gasteiger charge is -2.32. The van der Waals surface area contributed by atoms with Crippen LogP contribution in [0.15, 0.2) is 164 Å². The van der Waals surface area contributed by atoms with Gasteiger partial charge in [0.25, 0.3) is 0 Å². The minimum absolute atomic E-state index is 0.382. The lowest BCUT2D eigenvalue weighted by molar-refractivity contribution is 0.793. The summed E-state index contributed by atoms with van der Waals surface area (Å²) in [5.74, 6) is 0. The summed E-state index contributed by atoms with van der Waals surface area (Å²) in [6.07, 6.45) is 0. The number of fused-ring (bicyclic) bond motifs is 13. The maximum atomic E-state index is 4.90. The first kappa shape index (κ1) is 24.6. The second kappa shape index (κ2) is 9.07. The second-order valence-electron chi connectivity index (χ2n) is 12.1. The molecule has 0 N–H and O–H groups in total. The summed E-state index contributed by atoms with van der Waals surface area (Å²) in [6.45, 7) is 0. The third-order valence-electron chi connectivity index (χ3n) is 9.93. The van der Waals surface area contributed by atoms with Crippen LogP contribution >= 0.6 is 0 Å². The van der Waals surface area contributed by atoms with Gasteiger partial charge in [-0.25, -0.2) is 0 Å². The van der Waals surface area contributed by atoms with Crippen molar-refractivity contribution in [1.82, 2.24) is 4.98 Å². The zero-order valence-corrected chi connectivity index (χ0v) is 24.5. The van der Waals surface area contributed by atoms with E-state index in [9.17, 15) is 0 Å². The molecule has 2 heteroatoms. The van der Waals surface area contributed by atoms with Gasteiger partial charge < -0.3 is 9.88 Å². The van der Waals surface area contributed by atoms with Crippen LogP contribution < -0.4 is 9.88 Å². The number of nitrogens with zero attached hydrogens (tertiary/aromatic N) is 2. The van der Waals surface area contributed by atoms with Crippen molar-refractivity contribution in [2.24, 2.45) is 0 Å². The lowest BCUT2D eigenvalue weighted by Crippen LogP contribution is -2.26. The average Bonchev–Trinajstić information content (AvgIpc) is 3.73. The van der Waals surface area contributed by atoms with Crippen LogP contribution in [-0.4, -0.2) is 0 Å². The van der Waals surface area contributed by atoms with Gasteiger partial charge in [-0.1, -0.05) is 127 Å². The van der Waals surface area contributed by atoms with Crippen LogP contribution in [0.3, 0.4) is 0 Å². The molecule has 1 spiro atoms. The Bertz CT molecular complexity index is 2390. The van der Waals surface area contributed by atoms with Gasteiger partial charge in [0.2, 0.25) is 0 Å². The SMILES string of the molecule is c1ccc(N(c2ccc3c(c2)C2(c4ccccc4-c4ccccc42)c2ccccc2-3)c2ccc3[n-]c4ccccc4c3c2)cc1. The van der Waals surface area contributed by atoms with Gasteiger partial charge in [0.1, 0.15) is 0 Å². The largest absolute Gasteiger partial charge is 0.657 e. The van der Waals surface area contributed by atoms with E-state index in [0.717, 1.165) is 28.1 Å². The van der Waals surface area contributed by atoms with Crippen molar-refractivity contribution in [1.29, 1.82) is 0 Å². The highest BCUT2D eigenvalue weighted by atomic mass is 15.1. The lowest BCUT2D eigenvalue weighted by atomic mass is 9.70. The van der Waals surface area contributed by atoms with Crippen LogP contribution in [0.1, 0.15) is 22.3 Å². The van der Waals surface area contributed by atoms with E-state index in [1.807, 2.05) is 0 Å². The quantitative estimate of drug-likeness (QED) is 0.210. The number of hydrogen-bond donors (Lipinski definition) is 0. The Morgan fingerprint density at radius 2 is 0.867 bits per heavy atom. The van der Waals surface area contributed by atoms with Crippen molar-refractivity contribution in [3.05, 3.63) is 186 Å². The normalized spacial score (nSPS) is 13.5. The maximum Gasteiger partial charge on any atom is 0.0726 e. The highest BCUT2D eigenvalue weighted by molar-refractivity contribution is 6.08. The monoisotopic (exact) mass is 571 g/mol. The Morgan fingerprint density at radius 1 is 0.356 bits per heavy atom. The van der Waals surface area contributed by atoms with E-state index in [2.05, 4.69) is 169 Å². The van der Waals surface area contributed by atoms with Gasteiger partial charge in [0, 0.05) is 17.1 Å². The van der Waals surface area contributed by atoms with Gasteiger partial charge in [-0.3, -0.25) is 0 Å². The van der Waals surface area contributed by atoms with Gasteiger partial charge in [-0.2, -0.15) is 0 Å². The molecule has 0 amide bonds. The Balaban J connectivity index is 1.26. The number of aromatic nitrogens is 1. The topological polar surface area (TPSA) is 17.3 Å². The minimum Gasteiger partial charge on any atom is -0.657 e. The number of rotatable bonds is 3. The molecule has 0 saturated heterocycles. The van der Waals surface area contributed by atoms with Crippen LogP contribution in [0.4, 0.5) is 17.1 Å². The minimum atomic E-state index is -0.382. The van der Waals surface area contributed by atoms with Crippen LogP contribution in [0.2, 0.25) is 0 Å². The molecule has 0 radical (unpaired) electrons. The van der Waals surface area contributed by atoms with E-state index in [1.165, 1.54) is 55.3 Å². The van der Waals surface area contributed by atoms with Gasteiger partial charge in [-0.05, 0) is 91.7 Å². The van der Waals surface area contributed by atoms with E-state index in [0.29, 0.717) is 0 Å². The Morgan fingerprint density at radius 3 is 1.56 bits per heavy atom. The van der Waals surface area contributed by atoms with Gasteiger partial charge in [-0.15, -0.1) is 11.0 Å². The first-order valence-corrected chi connectivity index (χ1v) is 15.6. The highest BCUT2D eigenvalue weighted by Gasteiger charge is 2.51. The standard InChI is InChI=1S/C43H27N2/c1-2-12-28(13-3-1)45(29-23-25-42-36(26-29)35-17-7-11-21-41(35)44-42)30-22-24-34-33-16-6-10-20-39(33)43(40(34)27-30)37-18-8-4-14-31(37)32-15-5-9-19-38(32)43/h1-27H/q-1. The molecule has 2 nitrogen and oxygen atoms in total. The molecule has 0 aliphatic heterocycles. The molecule has 2 aliphatic rings. The van der Waals surface area contributed by atoms with E-state index in [-0.39, 0.29) is 5.41 Å². The third kappa shape index (κ3) is 3.23. The zero-order valence-electron chi connectivity index (χ0n) is 24.5. The molecule has 1 heterocycles. The molecule has 1 aromatic heterocycles. The highest BCUT2D eigenvalue weighted by Crippen LogP contribution is 2.63. The summed E-state index contributed by atoms with van der Waals surface area (Å²) in [5, 5.41) is 2.36. The average molecular weight is 572 g/mol. The second-order valence-corrected chi connectivity index (χ2v) is 12.1. The van der Waals surface area contributed by atoms with E-state index < -0.39 is 0 Å². The molecule has 0 saturated carbocycles. The molecular formula is C43H27N2-. The molecule has 0 bridgehead atoms. The molecule has 7 aromatic carbocycles. The predicted molar refractivity (Wildman–Crippen MR) is 186 cm³/mol. The van der Waals surface area contributed by atoms with Crippen molar-refractivity contribution < 1.29 is 0 Å². The summed E-state index contributed by atoms with van der Waals surface area (Å²) in [4.78, 5) is 7.30. The van der Waals surface area contributed by atoms with Gasteiger partial charge >= 0.3 is 0 Å². The molecule has 210 valence electrons. The van der Waals surface area contributed by atoms with Crippen molar-refractivity contribution in [3.63, 3.8) is 0 Å². The summed E-state index contributed by atoms with van der Waals surface area (Å²) in [5.41, 5.74) is 15.7. The van der Waals surface area contributed by atoms with Gasteiger partial charge in [0.15, 0.2) is 0 Å². The summed E-state index contributed by atoms with van der Waals surface area (Å²) >= 11 is 0. The number of benzene rings is 7. The van der Waals surface area contributed by atoms with Crippen LogP contribution in [0.25, 0.3) is 44.1 Å². The summed E-state index contributed by atoms with van der Waals surface area (Å²) in [6, 6.07) is 59.9. The Kier molecular flexibility index (Phi) is 4.95. The first-order valence-electron chi connectivity index (χ1n) is 15.6. The van der Waals surface area contributed by atoms with Crippen molar-refractivity contribution >= 4 is 38.9 Å². The molecule has 8 aromatic rings. The molecule has 0 unspecified atom stereocenters. The molecule has 2 aliphatic carbocycles. The third-order valence-corrected chi connectivity index (χ3v) is 9.93. The zero-order chi connectivity index (χ0) is 29.5. The fourth-order valence-corrected chi connectivity index (χ4v) is 8.15. The molecule has 0 atom stereocenters. The van der Waals surface area contributed by atoms with Crippen molar-refractivity contribution in [3.8, 4) is 22.3 Å². The number of anilines is 3. The number of hydrogen-bond acceptors (Lipinski definition) is 1. The van der Waals surface area contributed by atoms with Crippen LogP contribution in [0, 0.1) is 0 Å². The van der Waals surface area contributed by atoms with Crippen molar-refractivity contribution in [2.45, 2.75) is 5.41 Å². The van der Waals surface area contributed by atoms with Gasteiger partial charge in [0.05, 0.1) is 5.41 Å². The molecule has 10 rings (SSSR count). The van der Waals surface area contributed by atoms with Crippen LogP contribution in [0.5, 0.6) is 0 Å². The van der Waals surface area contributed by atoms with Crippen LogP contribution in [-0.2, 0) is 5.41 Å². The molecule has 45 heavy (non-hydrogen) atoms. The fourth-order valence-electron chi connectivity index (χ4n) is 8.15. The Labute approximate surface area is 261 Å². The maximum absolute atomic E-state index is 4.90. The van der Waals surface area contributed by atoms with E-state index in [1.54, 1.807) is 0 Å². The fraction of sp³-hybridized carbons (Fsp3) is 0.0233. The predicted octanol–water partition coefficient (Wildman–Crippen LogP) is 10.8. The summed E-state index contributed by atoms with van der Waals surface area (Å²) in [7, 11) is 0. The summed E-state index contributed by atoms with van der Waals surface area (Å²) < 4.78 is 0. The number of para-hydroxylation sites is 2. The Hall–Kier alpha value is -5.86. The van der Waals surface area contributed by atoms with Crippen molar-refractivity contribution in [2.75, 3.05) is 4.90 Å². The first-order chi connectivity index (χ1) is 22.3. The smallest absolute Gasteiger partial charge is 0.0726 e.